The Morgan fingerprint density at radius 2 is 2.00 bits per heavy atom. The van der Waals surface area contributed by atoms with E-state index in [1.54, 1.807) is 0 Å². The van der Waals surface area contributed by atoms with E-state index >= 15 is 0 Å². The Morgan fingerprint density at radius 1 is 1.67 bits per heavy atom. The van der Waals surface area contributed by atoms with Crippen LogP contribution in [0.2, 0.25) is 0 Å². The van der Waals surface area contributed by atoms with Gasteiger partial charge in [0.1, 0.15) is 0 Å². The summed E-state index contributed by atoms with van der Waals surface area (Å²) in [6, 6.07) is 0. The molecular formula is C6H18N4O2. The maximum absolute atomic E-state index is 9.00. The van der Waals surface area contributed by atoms with Crippen molar-refractivity contribution in [3.05, 3.63) is 0 Å². The van der Waals surface area contributed by atoms with Crippen LogP contribution in [-0.4, -0.2) is 23.6 Å². The van der Waals surface area contributed by atoms with E-state index in [4.69, 9.17) is 21.0 Å². The Balaban J connectivity index is -0.000000142. The summed E-state index contributed by atoms with van der Waals surface area (Å²) in [5, 5.41) is 16.7. The highest BCUT2D eigenvalue weighted by Crippen LogP contribution is 1.65. The Bertz CT molecular complexity index is 123. The van der Waals surface area contributed by atoms with Gasteiger partial charge in [0.25, 0.3) is 5.97 Å². The fraction of sp³-hybridized carbons (Fsp3) is 0.667. The normalized spacial score (nSPS) is 6.83. The average Bonchev–Trinajstić information content (AvgIpc) is 1.82. The van der Waals surface area contributed by atoms with Gasteiger partial charge in [0.05, 0.1) is 0 Å². The van der Waals surface area contributed by atoms with Crippen molar-refractivity contribution in [3.63, 3.8) is 0 Å². The predicted molar refractivity (Wildman–Crippen MR) is 48.5 cm³/mol. The molecule has 8 N–H and O–H groups in total. The van der Waals surface area contributed by atoms with Gasteiger partial charge >= 0.3 is 0 Å². The number of nitrogens with one attached hydrogen (secondary N) is 2. The van der Waals surface area contributed by atoms with Crippen LogP contribution in [0.4, 0.5) is 0 Å². The van der Waals surface area contributed by atoms with E-state index in [1.165, 1.54) is 0 Å². The molecule has 0 radical (unpaired) electrons. The molecule has 0 bridgehead atoms. The zero-order valence-corrected chi connectivity index (χ0v) is 7.55. The number of aliphatic carboxylic acids is 1. The monoisotopic (exact) mass is 178 g/mol. The topological polar surface area (TPSA) is 134 Å². The second-order valence-corrected chi connectivity index (χ2v) is 1.86. The van der Waals surface area contributed by atoms with Gasteiger partial charge in [0.15, 0.2) is 5.96 Å². The van der Waals surface area contributed by atoms with Gasteiger partial charge in [-0.1, -0.05) is 6.92 Å². The summed E-state index contributed by atoms with van der Waals surface area (Å²) in [7, 11) is 0. The number of carboxylic acid groups (broad SMARTS) is 1. The van der Waals surface area contributed by atoms with E-state index in [0.717, 1.165) is 19.9 Å². The molecule has 0 aliphatic heterocycles. The summed E-state index contributed by atoms with van der Waals surface area (Å²) < 4.78 is 0. The third kappa shape index (κ3) is 70.8. The highest BCUT2D eigenvalue weighted by molar-refractivity contribution is 5.74. The first-order chi connectivity index (χ1) is 5.00. The van der Waals surface area contributed by atoms with Crippen molar-refractivity contribution in [2.24, 2.45) is 5.73 Å². The van der Waals surface area contributed by atoms with Crippen LogP contribution in [-0.2, 0) is 4.79 Å². The maximum atomic E-state index is 9.00. The molecule has 0 amide bonds. The number of carbonyl (C=O) groups is 1. The third-order valence-corrected chi connectivity index (χ3v) is 0.565. The van der Waals surface area contributed by atoms with Crippen molar-refractivity contribution >= 4 is 11.9 Å². The summed E-state index contributed by atoms with van der Waals surface area (Å²) in [5.41, 5.74) is 4.95. The molecule has 0 aliphatic rings. The predicted octanol–water partition coefficient (Wildman–Crippen LogP) is 0.132. The standard InChI is InChI=1S/C4H11N3.C2H4O2.H3N/c1-2-3-7-4(5)6;1-2(3)4;/h2-3H2,1H3,(H4,5,6,7);1H3,(H,3,4);1H3. The van der Waals surface area contributed by atoms with Crippen molar-refractivity contribution in [1.29, 1.82) is 5.41 Å². The van der Waals surface area contributed by atoms with E-state index < -0.39 is 5.97 Å². The largest absolute Gasteiger partial charge is 0.481 e. The van der Waals surface area contributed by atoms with Gasteiger partial charge in [-0.2, -0.15) is 0 Å². The van der Waals surface area contributed by atoms with Crippen LogP contribution in [0.1, 0.15) is 20.3 Å². The lowest BCUT2D eigenvalue weighted by molar-refractivity contribution is -0.134. The molecule has 0 aromatic rings. The molecule has 0 aliphatic carbocycles. The van der Waals surface area contributed by atoms with E-state index in [1.807, 2.05) is 6.92 Å². The summed E-state index contributed by atoms with van der Waals surface area (Å²) in [5.74, 6) is -0.776. The van der Waals surface area contributed by atoms with Crippen LogP contribution in [0.15, 0.2) is 0 Å². The van der Waals surface area contributed by atoms with Crippen molar-refractivity contribution in [1.82, 2.24) is 11.5 Å². The van der Waals surface area contributed by atoms with Crippen molar-refractivity contribution < 1.29 is 9.90 Å². The number of nitrogens with two attached hydrogens (primary N) is 1. The molecule has 0 rings (SSSR count). The van der Waals surface area contributed by atoms with Crippen LogP contribution < -0.4 is 17.2 Å². The minimum absolute atomic E-state index is 0. The molecule has 0 aromatic heterocycles. The highest BCUT2D eigenvalue weighted by Gasteiger charge is 1.79. The molecular weight excluding hydrogens is 160 g/mol. The molecule has 6 nitrogen and oxygen atoms in total. The van der Waals surface area contributed by atoms with Crippen LogP contribution in [0, 0.1) is 5.41 Å². The minimum atomic E-state index is -0.833. The van der Waals surface area contributed by atoms with Crippen molar-refractivity contribution in [2.45, 2.75) is 20.3 Å². The molecule has 0 aromatic carbocycles. The smallest absolute Gasteiger partial charge is 0.300 e. The number of hydrogen-bond acceptors (Lipinski definition) is 3. The van der Waals surface area contributed by atoms with Gasteiger partial charge < -0.3 is 22.3 Å². The van der Waals surface area contributed by atoms with E-state index in [9.17, 15) is 0 Å². The van der Waals surface area contributed by atoms with Gasteiger partial charge in [-0.15, -0.1) is 0 Å². The molecule has 0 spiro atoms. The quantitative estimate of drug-likeness (QED) is 0.302. The maximum Gasteiger partial charge on any atom is 0.300 e. The SMILES string of the molecule is CC(=O)O.CCCNC(=N)N.N. The average molecular weight is 178 g/mol. The van der Waals surface area contributed by atoms with Crippen LogP contribution >= 0.6 is 0 Å². The number of guanidine groups is 1. The molecule has 6 heteroatoms. The molecule has 0 heterocycles. The second-order valence-electron chi connectivity index (χ2n) is 1.86. The summed E-state index contributed by atoms with van der Waals surface area (Å²) in [6.45, 7) is 3.91. The first kappa shape index (κ1) is 17.0. The summed E-state index contributed by atoms with van der Waals surface area (Å²) in [4.78, 5) is 9.00. The number of rotatable bonds is 2. The Labute approximate surface area is 72.2 Å². The van der Waals surface area contributed by atoms with Crippen LogP contribution in [0.3, 0.4) is 0 Å². The van der Waals surface area contributed by atoms with E-state index in [2.05, 4.69) is 5.32 Å². The zero-order valence-electron chi connectivity index (χ0n) is 7.55. The van der Waals surface area contributed by atoms with Gasteiger partial charge in [-0.3, -0.25) is 10.2 Å². The van der Waals surface area contributed by atoms with Gasteiger partial charge in [-0.25, -0.2) is 0 Å². The second kappa shape index (κ2) is 12.4. The molecule has 0 atom stereocenters. The first-order valence-electron chi connectivity index (χ1n) is 3.28. The van der Waals surface area contributed by atoms with E-state index in [-0.39, 0.29) is 12.1 Å². The molecule has 0 saturated heterocycles. The Hall–Kier alpha value is -1.30. The van der Waals surface area contributed by atoms with Crippen molar-refractivity contribution in [3.8, 4) is 0 Å². The number of hydrogen-bond donors (Lipinski definition) is 5. The third-order valence-electron chi connectivity index (χ3n) is 0.565. The summed E-state index contributed by atoms with van der Waals surface area (Å²) >= 11 is 0. The zero-order chi connectivity index (χ0) is 9.28. The van der Waals surface area contributed by atoms with Crippen molar-refractivity contribution in [2.75, 3.05) is 6.54 Å². The highest BCUT2D eigenvalue weighted by atomic mass is 16.4. The molecule has 0 unspecified atom stereocenters. The van der Waals surface area contributed by atoms with Gasteiger partial charge in [0.2, 0.25) is 0 Å². The molecule has 12 heavy (non-hydrogen) atoms. The molecule has 0 saturated carbocycles. The first-order valence-corrected chi connectivity index (χ1v) is 3.28. The van der Waals surface area contributed by atoms with E-state index in [0.29, 0.717) is 0 Å². The lowest BCUT2D eigenvalue weighted by atomic mass is 10.5. The lowest BCUT2D eigenvalue weighted by Crippen LogP contribution is -2.30. The fourth-order valence-electron chi connectivity index (χ4n) is 0.260. The lowest BCUT2D eigenvalue weighted by Gasteiger charge is -1.96. The molecule has 74 valence electrons. The minimum Gasteiger partial charge on any atom is -0.481 e. The van der Waals surface area contributed by atoms with Crippen LogP contribution in [0.25, 0.3) is 0 Å². The number of carboxylic acids is 1. The molecule has 0 fully saturated rings. The van der Waals surface area contributed by atoms with Crippen LogP contribution in [0.5, 0.6) is 0 Å². The van der Waals surface area contributed by atoms with Gasteiger partial charge in [-0.05, 0) is 6.42 Å². The Morgan fingerprint density at radius 3 is 2.08 bits per heavy atom. The Kier molecular flexibility index (Phi) is 17.5. The fourth-order valence-corrected chi connectivity index (χ4v) is 0.260. The summed E-state index contributed by atoms with van der Waals surface area (Å²) in [6.07, 6.45) is 1.01. The van der Waals surface area contributed by atoms with Gasteiger partial charge in [0, 0.05) is 13.5 Å².